The molecule has 90 valence electrons. The van der Waals surface area contributed by atoms with Gasteiger partial charge in [0.25, 0.3) is 0 Å². The van der Waals surface area contributed by atoms with Crippen LogP contribution in [0.3, 0.4) is 0 Å². The molecule has 3 heteroatoms. The minimum absolute atomic E-state index is 0.0260. The molecule has 1 aromatic rings. The zero-order chi connectivity index (χ0) is 11.8. The van der Waals surface area contributed by atoms with Crippen LogP contribution in [0.1, 0.15) is 19.4 Å². The van der Waals surface area contributed by atoms with Crippen LogP contribution >= 0.6 is 0 Å². The molecule has 1 atom stereocenters. The second-order valence-electron chi connectivity index (χ2n) is 3.95. The van der Waals surface area contributed by atoms with Gasteiger partial charge in [0.1, 0.15) is 0 Å². The fourth-order valence-electron chi connectivity index (χ4n) is 1.79. The first-order valence-corrected chi connectivity index (χ1v) is 7.20. The molecule has 2 nitrogen and oxygen atoms in total. The van der Waals surface area contributed by atoms with E-state index in [2.05, 4.69) is 24.3 Å². The van der Waals surface area contributed by atoms with Crippen LogP contribution in [-0.4, -0.2) is 29.7 Å². The summed E-state index contributed by atoms with van der Waals surface area (Å²) in [6.07, 6.45) is 1.03. The van der Waals surface area contributed by atoms with Crippen molar-refractivity contribution >= 4 is 10.2 Å². The number of hydrogen-bond acceptors (Lipinski definition) is 2. The largest absolute Gasteiger partial charge is 0.353 e. The topological polar surface area (TPSA) is 18.5 Å². The van der Waals surface area contributed by atoms with Gasteiger partial charge in [0.2, 0.25) is 0 Å². The summed E-state index contributed by atoms with van der Waals surface area (Å²) in [6.45, 7) is 5.47. The molecule has 0 aliphatic heterocycles. The predicted octanol–water partition coefficient (Wildman–Crippen LogP) is 1.78. The van der Waals surface area contributed by atoms with E-state index >= 15 is 0 Å². The van der Waals surface area contributed by atoms with Gasteiger partial charge in [0, 0.05) is 23.5 Å². The van der Waals surface area contributed by atoms with E-state index < -0.39 is 0 Å². The molecular formula is C13H22O2Si. The summed E-state index contributed by atoms with van der Waals surface area (Å²) >= 11 is 0. The molecule has 0 spiro atoms. The van der Waals surface area contributed by atoms with Gasteiger partial charge in [-0.3, -0.25) is 0 Å². The monoisotopic (exact) mass is 238 g/mol. The van der Waals surface area contributed by atoms with E-state index in [0.29, 0.717) is 5.54 Å². The molecule has 0 aliphatic rings. The van der Waals surface area contributed by atoms with Crippen molar-refractivity contribution in [3.63, 3.8) is 0 Å². The zero-order valence-corrected chi connectivity index (χ0v) is 12.5. The molecule has 0 saturated carbocycles. The summed E-state index contributed by atoms with van der Waals surface area (Å²) in [5.41, 5.74) is 1.88. The lowest BCUT2D eigenvalue weighted by Crippen LogP contribution is -2.25. The molecule has 0 aliphatic carbocycles. The standard InChI is InChI=1S/C13H22O2Si/c1-3-14-13(15-4-2)12(16)10-11-8-6-5-7-9-11/h5-9,12-13H,3-4,10H2,1-2,16H3. The highest BCUT2D eigenvalue weighted by Crippen LogP contribution is 2.18. The average molecular weight is 238 g/mol. The van der Waals surface area contributed by atoms with Crippen molar-refractivity contribution in [3.05, 3.63) is 35.9 Å². The highest BCUT2D eigenvalue weighted by Gasteiger charge is 2.17. The second kappa shape index (κ2) is 7.60. The summed E-state index contributed by atoms with van der Waals surface area (Å²) in [5.74, 6) is 0. The minimum atomic E-state index is -0.0260. The van der Waals surface area contributed by atoms with Crippen LogP contribution < -0.4 is 0 Å². The summed E-state index contributed by atoms with van der Waals surface area (Å²) in [5, 5.41) is 0. The van der Waals surface area contributed by atoms with Crippen molar-refractivity contribution < 1.29 is 9.47 Å². The van der Waals surface area contributed by atoms with Crippen molar-refractivity contribution in [3.8, 4) is 0 Å². The Kier molecular flexibility index (Phi) is 6.38. The lowest BCUT2D eigenvalue weighted by atomic mass is 10.1. The van der Waals surface area contributed by atoms with E-state index in [1.165, 1.54) is 5.56 Å². The van der Waals surface area contributed by atoms with E-state index in [9.17, 15) is 0 Å². The molecule has 0 N–H and O–H groups in total. The third kappa shape index (κ3) is 4.47. The summed E-state index contributed by atoms with van der Waals surface area (Å²) in [7, 11) is 1.09. The summed E-state index contributed by atoms with van der Waals surface area (Å²) in [4.78, 5) is 0. The smallest absolute Gasteiger partial charge is 0.157 e. The number of rotatable bonds is 7. The Morgan fingerprint density at radius 3 is 2.12 bits per heavy atom. The molecule has 0 amide bonds. The highest BCUT2D eigenvalue weighted by molar-refractivity contribution is 6.12. The Balaban J connectivity index is 2.51. The lowest BCUT2D eigenvalue weighted by Gasteiger charge is -2.23. The van der Waals surface area contributed by atoms with Crippen LogP contribution in [0.4, 0.5) is 0 Å². The molecule has 1 unspecified atom stereocenters. The fourth-order valence-corrected chi connectivity index (χ4v) is 2.64. The van der Waals surface area contributed by atoms with E-state index in [1.807, 2.05) is 19.9 Å². The van der Waals surface area contributed by atoms with Crippen molar-refractivity contribution in [2.45, 2.75) is 32.1 Å². The Hall–Kier alpha value is -0.643. The van der Waals surface area contributed by atoms with Crippen molar-refractivity contribution in [2.75, 3.05) is 13.2 Å². The van der Waals surface area contributed by atoms with Crippen LogP contribution in [0.15, 0.2) is 30.3 Å². The lowest BCUT2D eigenvalue weighted by molar-refractivity contribution is -0.138. The molecule has 0 heterocycles. The molecule has 0 bridgehead atoms. The Labute approximate surface area is 101 Å². The van der Waals surface area contributed by atoms with E-state index in [4.69, 9.17) is 9.47 Å². The average Bonchev–Trinajstić information content (AvgIpc) is 2.30. The SMILES string of the molecule is CCOC(OCC)C([SiH3])Cc1ccccc1. The fraction of sp³-hybridized carbons (Fsp3) is 0.538. The van der Waals surface area contributed by atoms with Gasteiger partial charge >= 0.3 is 0 Å². The van der Waals surface area contributed by atoms with Crippen molar-refractivity contribution in [2.24, 2.45) is 0 Å². The molecule has 1 aromatic carbocycles. The van der Waals surface area contributed by atoms with Gasteiger partial charge in [-0.15, -0.1) is 0 Å². The molecular weight excluding hydrogens is 216 g/mol. The maximum Gasteiger partial charge on any atom is 0.157 e. The molecule has 0 aromatic heterocycles. The van der Waals surface area contributed by atoms with Gasteiger partial charge in [0.05, 0.1) is 0 Å². The Morgan fingerprint density at radius 1 is 1.06 bits per heavy atom. The van der Waals surface area contributed by atoms with Gasteiger partial charge in [-0.1, -0.05) is 30.3 Å². The van der Waals surface area contributed by atoms with E-state index in [-0.39, 0.29) is 6.29 Å². The second-order valence-corrected chi connectivity index (χ2v) is 5.43. The highest BCUT2D eigenvalue weighted by atomic mass is 28.1. The third-order valence-electron chi connectivity index (χ3n) is 2.53. The number of ether oxygens (including phenoxy) is 2. The minimum Gasteiger partial charge on any atom is -0.353 e. The first-order chi connectivity index (χ1) is 7.77. The van der Waals surface area contributed by atoms with E-state index in [0.717, 1.165) is 29.9 Å². The first kappa shape index (κ1) is 13.4. The van der Waals surface area contributed by atoms with Crippen LogP contribution in [0, 0.1) is 0 Å². The maximum atomic E-state index is 5.63. The van der Waals surface area contributed by atoms with Crippen LogP contribution in [0.5, 0.6) is 0 Å². The van der Waals surface area contributed by atoms with Gasteiger partial charge in [-0.2, -0.15) is 0 Å². The van der Waals surface area contributed by atoms with Gasteiger partial charge in [-0.25, -0.2) is 0 Å². The molecule has 16 heavy (non-hydrogen) atoms. The normalized spacial score (nSPS) is 13.2. The Bertz CT molecular complexity index is 271. The Morgan fingerprint density at radius 2 is 1.62 bits per heavy atom. The first-order valence-electron chi connectivity index (χ1n) is 6.05. The van der Waals surface area contributed by atoms with Crippen LogP contribution in [0.25, 0.3) is 0 Å². The molecule has 0 radical (unpaired) electrons. The molecule has 0 saturated heterocycles. The van der Waals surface area contributed by atoms with Crippen LogP contribution in [-0.2, 0) is 15.9 Å². The molecule has 1 rings (SSSR count). The predicted molar refractivity (Wildman–Crippen MR) is 70.9 cm³/mol. The van der Waals surface area contributed by atoms with Crippen LogP contribution in [0.2, 0.25) is 5.54 Å². The summed E-state index contributed by atoms with van der Waals surface area (Å²) in [6, 6.07) is 10.5. The maximum absolute atomic E-state index is 5.63. The number of benzene rings is 1. The van der Waals surface area contributed by atoms with Crippen molar-refractivity contribution in [1.29, 1.82) is 0 Å². The van der Waals surface area contributed by atoms with E-state index in [1.54, 1.807) is 0 Å². The van der Waals surface area contributed by atoms with Gasteiger partial charge in [-0.05, 0) is 31.4 Å². The summed E-state index contributed by atoms with van der Waals surface area (Å²) < 4.78 is 11.3. The third-order valence-corrected chi connectivity index (χ3v) is 3.48. The zero-order valence-electron chi connectivity index (χ0n) is 10.5. The van der Waals surface area contributed by atoms with Crippen molar-refractivity contribution in [1.82, 2.24) is 0 Å². The van der Waals surface area contributed by atoms with Gasteiger partial charge in [0.15, 0.2) is 6.29 Å². The molecule has 0 fully saturated rings. The quantitative estimate of drug-likeness (QED) is 0.532. The number of hydrogen-bond donors (Lipinski definition) is 0. The van der Waals surface area contributed by atoms with Gasteiger partial charge < -0.3 is 9.47 Å².